The van der Waals surface area contributed by atoms with Crippen molar-refractivity contribution in [2.24, 2.45) is 5.92 Å². The van der Waals surface area contributed by atoms with Gasteiger partial charge in [-0.2, -0.15) is 4.31 Å². The highest BCUT2D eigenvalue weighted by atomic mass is 32.2. The van der Waals surface area contributed by atoms with E-state index in [4.69, 9.17) is 5.11 Å². The third-order valence-electron chi connectivity index (χ3n) is 2.82. The molecule has 1 N–H and O–H groups in total. The summed E-state index contributed by atoms with van der Waals surface area (Å²) in [7, 11) is -3.16. The van der Waals surface area contributed by atoms with Crippen molar-refractivity contribution >= 4 is 10.0 Å². The minimum atomic E-state index is -3.16. The van der Waals surface area contributed by atoms with Crippen LogP contribution in [0, 0.1) is 5.92 Å². The third kappa shape index (κ3) is 3.74. The maximum Gasteiger partial charge on any atom is 0.214 e. The molecule has 4 nitrogen and oxygen atoms in total. The molecule has 0 bridgehead atoms. The van der Waals surface area contributed by atoms with Crippen LogP contribution in [0.4, 0.5) is 0 Å². The van der Waals surface area contributed by atoms with E-state index in [1.165, 1.54) is 4.31 Å². The first-order valence-corrected chi connectivity index (χ1v) is 7.22. The zero-order chi connectivity index (χ0) is 11.5. The molecule has 5 heteroatoms. The van der Waals surface area contributed by atoms with Crippen LogP contribution in [0.25, 0.3) is 0 Å². The van der Waals surface area contributed by atoms with Crippen LogP contribution >= 0.6 is 0 Å². The fourth-order valence-corrected chi connectivity index (χ4v) is 3.75. The first-order chi connectivity index (χ1) is 7.01. The number of hydrogen-bond donors (Lipinski definition) is 1. The van der Waals surface area contributed by atoms with Crippen molar-refractivity contribution in [1.29, 1.82) is 0 Å². The van der Waals surface area contributed by atoms with Gasteiger partial charge in [0.25, 0.3) is 0 Å². The summed E-state index contributed by atoms with van der Waals surface area (Å²) in [5, 5.41) is 8.86. The lowest BCUT2D eigenvalue weighted by molar-refractivity contribution is 0.250. The maximum atomic E-state index is 12.0. The first kappa shape index (κ1) is 12.9. The van der Waals surface area contributed by atoms with E-state index in [0.717, 1.165) is 19.3 Å². The quantitative estimate of drug-likeness (QED) is 0.710. The highest BCUT2D eigenvalue weighted by molar-refractivity contribution is 7.89. The maximum absolute atomic E-state index is 12.0. The molecule has 1 aliphatic carbocycles. The molecule has 0 aromatic rings. The second-order valence-corrected chi connectivity index (χ2v) is 6.32. The van der Waals surface area contributed by atoms with Crippen molar-refractivity contribution in [1.82, 2.24) is 4.31 Å². The molecule has 1 aliphatic rings. The summed E-state index contributed by atoms with van der Waals surface area (Å²) >= 11 is 0. The van der Waals surface area contributed by atoms with E-state index in [2.05, 4.69) is 0 Å². The zero-order valence-electron chi connectivity index (χ0n) is 9.52. The molecule has 1 saturated carbocycles. The highest BCUT2D eigenvalue weighted by Gasteiger charge is 2.36. The van der Waals surface area contributed by atoms with Gasteiger partial charge in [-0.15, -0.1) is 0 Å². The second-order valence-electron chi connectivity index (χ2n) is 4.36. The molecule has 1 fully saturated rings. The number of hydrogen-bond acceptors (Lipinski definition) is 3. The molecule has 0 saturated heterocycles. The largest absolute Gasteiger partial charge is 0.395 e. The normalized spacial score (nSPS) is 19.5. The average Bonchev–Trinajstić information content (AvgIpc) is 2.96. The monoisotopic (exact) mass is 235 g/mol. The summed E-state index contributed by atoms with van der Waals surface area (Å²) in [6, 6.07) is 0.159. The molecular weight excluding hydrogens is 214 g/mol. The number of nitrogens with zero attached hydrogens (tertiary/aromatic N) is 1. The third-order valence-corrected chi connectivity index (χ3v) is 5.01. The van der Waals surface area contributed by atoms with Crippen LogP contribution in [0.1, 0.15) is 33.1 Å². The molecule has 1 unspecified atom stereocenters. The summed E-state index contributed by atoms with van der Waals surface area (Å²) < 4.78 is 25.5. The molecule has 1 rings (SSSR count). The van der Waals surface area contributed by atoms with E-state index in [1.54, 1.807) is 0 Å². The molecule has 0 amide bonds. The molecule has 0 aliphatic heterocycles. The molecule has 0 aromatic carbocycles. The van der Waals surface area contributed by atoms with Crippen molar-refractivity contribution in [2.45, 2.75) is 39.2 Å². The summed E-state index contributed by atoms with van der Waals surface area (Å²) in [6.07, 6.45) is 2.76. The first-order valence-electron chi connectivity index (χ1n) is 5.61. The zero-order valence-corrected chi connectivity index (χ0v) is 10.3. The van der Waals surface area contributed by atoms with E-state index in [-0.39, 0.29) is 30.9 Å². The molecule has 90 valence electrons. The van der Waals surface area contributed by atoms with E-state index < -0.39 is 10.0 Å². The van der Waals surface area contributed by atoms with Gasteiger partial charge >= 0.3 is 0 Å². The van der Waals surface area contributed by atoms with Gasteiger partial charge in [0.15, 0.2) is 0 Å². The Balaban J connectivity index is 2.63. The molecule has 0 radical (unpaired) electrons. The number of aliphatic hydroxyl groups excluding tert-OH is 1. The fraction of sp³-hybridized carbons (Fsp3) is 1.00. The lowest BCUT2D eigenvalue weighted by atomic mass is 10.2. The Kier molecular flexibility index (Phi) is 4.55. The predicted molar refractivity (Wildman–Crippen MR) is 60.1 cm³/mol. The Morgan fingerprint density at radius 3 is 2.47 bits per heavy atom. The van der Waals surface area contributed by atoms with Crippen LogP contribution in [0.2, 0.25) is 0 Å². The lowest BCUT2D eigenvalue weighted by Crippen LogP contribution is -2.38. The highest BCUT2D eigenvalue weighted by Crippen LogP contribution is 2.29. The molecule has 15 heavy (non-hydrogen) atoms. The van der Waals surface area contributed by atoms with Gasteiger partial charge in [-0.1, -0.05) is 20.3 Å². The van der Waals surface area contributed by atoms with Gasteiger partial charge < -0.3 is 5.11 Å². The molecule has 0 spiro atoms. The van der Waals surface area contributed by atoms with E-state index in [0.29, 0.717) is 0 Å². The van der Waals surface area contributed by atoms with Gasteiger partial charge in [0.05, 0.1) is 12.4 Å². The van der Waals surface area contributed by atoms with Gasteiger partial charge in [-0.25, -0.2) is 8.42 Å². The van der Waals surface area contributed by atoms with Crippen LogP contribution in [-0.2, 0) is 10.0 Å². The Labute approximate surface area is 92.3 Å². The summed E-state index contributed by atoms with van der Waals surface area (Å²) in [4.78, 5) is 0. The Morgan fingerprint density at radius 2 is 2.07 bits per heavy atom. The van der Waals surface area contributed by atoms with E-state index in [9.17, 15) is 8.42 Å². The van der Waals surface area contributed by atoms with Crippen molar-refractivity contribution < 1.29 is 13.5 Å². The van der Waals surface area contributed by atoms with E-state index in [1.807, 2.05) is 13.8 Å². The van der Waals surface area contributed by atoms with Crippen LogP contribution in [-0.4, -0.2) is 42.8 Å². The Morgan fingerprint density at radius 1 is 1.47 bits per heavy atom. The second kappa shape index (κ2) is 5.27. The standard InChI is InChI=1S/C10H21NO3S/c1-3-9(2)8-15(13,14)11(6-7-12)10-4-5-10/h9-10,12H,3-8H2,1-2H3. The van der Waals surface area contributed by atoms with Crippen molar-refractivity contribution in [2.75, 3.05) is 18.9 Å². The summed E-state index contributed by atoms with van der Waals surface area (Å²) in [5.74, 6) is 0.398. The van der Waals surface area contributed by atoms with Crippen molar-refractivity contribution in [3.8, 4) is 0 Å². The molecule has 1 atom stereocenters. The predicted octanol–water partition coefficient (Wildman–Crippen LogP) is 0.819. The lowest BCUT2D eigenvalue weighted by Gasteiger charge is -2.22. The van der Waals surface area contributed by atoms with Crippen molar-refractivity contribution in [3.05, 3.63) is 0 Å². The molecule has 0 aromatic heterocycles. The minimum Gasteiger partial charge on any atom is -0.395 e. The van der Waals surface area contributed by atoms with Crippen LogP contribution in [0.15, 0.2) is 0 Å². The van der Waals surface area contributed by atoms with Crippen LogP contribution in [0.5, 0.6) is 0 Å². The number of sulfonamides is 1. The van der Waals surface area contributed by atoms with Crippen LogP contribution in [0.3, 0.4) is 0 Å². The fourth-order valence-electron chi connectivity index (χ4n) is 1.58. The van der Waals surface area contributed by atoms with Gasteiger partial charge in [-0.3, -0.25) is 0 Å². The minimum absolute atomic E-state index is 0.0871. The summed E-state index contributed by atoms with van der Waals surface area (Å²) in [6.45, 7) is 4.11. The number of aliphatic hydroxyl groups is 1. The summed E-state index contributed by atoms with van der Waals surface area (Å²) in [5.41, 5.74) is 0. The average molecular weight is 235 g/mol. The van der Waals surface area contributed by atoms with Crippen molar-refractivity contribution in [3.63, 3.8) is 0 Å². The topological polar surface area (TPSA) is 57.6 Å². The Bertz CT molecular complexity index is 285. The molecule has 0 heterocycles. The van der Waals surface area contributed by atoms with Gasteiger partial charge in [0.2, 0.25) is 10.0 Å². The van der Waals surface area contributed by atoms with E-state index >= 15 is 0 Å². The Hall–Kier alpha value is -0.130. The SMILES string of the molecule is CCC(C)CS(=O)(=O)N(CCO)C1CC1. The molecular formula is C10H21NO3S. The van der Waals surface area contributed by atoms with Crippen LogP contribution < -0.4 is 0 Å². The number of rotatable bonds is 7. The van der Waals surface area contributed by atoms with Gasteiger partial charge in [0, 0.05) is 12.6 Å². The van der Waals surface area contributed by atoms with Gasteiger partial charge in [-0.05, 0) is 18.8 Å². The smallest absolute Gasteiger partial charge is 0.214 e. The van der Waals surface area contributed by atoms with Gasteiger partial charge in [0.1, 0.15) is 0 Å².